The van der Waals surface area contributed by atoms with E-state index in [1.807, 2.05) is 0 Å². The minimum Gasteiger partial charge on any atom is -0.506 e. The summed E-state index contributed by atoms with van der Waals surface area (Å²) in [5, 5.41) is 9.50. The van der Waals surface area contributed by atoms with Gasteiger partial charge in [0.25, 0.3) is 0 Å². The van der Waals surface area contributed by atoms with Crippen molar-refractivity contribution in [1.82, 2.24) is 0 Å². The highest BCUT2D eigenvalue weighted by Crippen LogP contribution is 2.33. The number of benzene rings is 1. The lowest BCUT2D eigenvalue weighted by molar-refractivity contribution is -0.142. The number of aromatic hydroxyl groups is 1. The van der Waals surface area contributed by atoms with Crippen molar-refractivity contribution in [3.05, 3.63) is 26.6 Å². The van der Waals surface area contributed by atoms with Gasteiger partial charge in [-0.3, -0.25) is 4.79 Å². The second kappa shape index (κ2) is 5.65. The second-order valence-electron chi connectivity index (χ2n) is 3.24. The van der Waals surface area contributed by atoms with Gasteiger partial charge in [0.1, 0.15) is 11.8 Å². The standard InChI is InChI=1S/C10H11Br2NO3/c1-16-10(15)8(13)4-5-2-6(11)9(14)7(12)3-5/h2-3,8,14H,4,13H2,1H3. The molecule has 0 spiro atoms. The minimum atomic E-state index is -0.701. The van der Waals surface area contributed by atoms with Crippen molar-refractivity contribution in [2.24, 2.45) is 5.73 Å². The molecule has 0 fully saturated rings. The van der Waals surface area contributed by atoms with Crippen molar-refractivity contribution in [2.45, 2.75) is 12.5 Å². The van der Waals surface area contributed by atoms with Crippen LogP contribution in [0.3, 0.4) is 0 Å². The molecular formula is C10H11Br2NO3. The molecule has 0 aromatic heterocycles. The van der Waals surface area contributed by atoms with E-state index in [0.717, 1.165) is 5.56 Å². The maximum Gasteiger partial charge on any atom is 0.322 e. The van der Waals surface area contributed by atoms with E-state index in [4.69, 9.17) is 5.73 Å². The van der Waals surface area contributed by atoms with Crippen LogP contribution in [0.4, 0.5) is 0 Å². The van der Waals surface area contributed by atoms with E-state index in [1.54, 1.807) is 12.1 Å². The molecule has 0 amide bonds. The number of ether oxygens (including phenoxy) is 1. The number of esters is 1. The molecular weight excluding hydrogens is 342 g/mol. The summed E-state index contributed by atoms with van der Waals surface area (Å²) >= 11 is 6.41. The van der Waals surface area contributed by atoms with Crippen molar-refractivity contribution in [3.63, 3.8) is 0 Å². The third-order valence-electron chi connectivity index (χ3n) is 2.04. The monoisotopic (exact) mass is 351 g/mol. The molecule has 1 aromatic carbocycles. The van der Waals surface area contributed by atoms with Crippen LogP contribution in [0.15, 0.2) is 21.1 Å². The molecule has 0 radical (unpaired) electrons. The van der Waals surface area contributed by atoms with Crippen LogP contribution < -0.4 is 5.73 Å². The van der Waals surface area contributed by atoms with Crippen LogP contribution in [-0.2, 0) is 16.0 Å². The Morgan fingerprint density at radius 3 is 2.44 bits per heavy atom. The maximum atomic E-state index is 11.1. The first kappa shape index (κ1) is 13.5. The summed E-state index contributed by atoms with van der Waals surface area (Å²) < 4.78 is 5.63. The number of rotatable bonds is 3. The molecule has 1 atom stereocenters. The number of hydrogen-bond acceptors (Lipinski definition) is 4. The van der Waals surface area contributed by atoms with Gasteiger partial charge >= 0.3 is 5.97 Å². The molecule has 0 heterocycles. The lowest BCUT2D eigenvalue weighted by Crippen LogP contribution is -2.33. The van der Waals surface area contributed by atoms with E-state index in [-0.39, 0.29) is 5.75 Å². The zero-order chi connectivity index (χ0) is 12.3. The quantitative estimate of drug-likeness (QED) is 0.815. The number of phenols is 1. The van der Waals surface area contributed by atoms with Crippen LogP contribution >= 0.6 is 31.9 Å². The first-order valence-corrected chi connectivity index (χ1v) is 6.04. The fourth-order valence-electron chi connectivity index (χ4n) is 1.22. The summed E-state index contributed by atoms with van der Waals surface area (Å²) in [7, 11) is 1.30. The van der Waals surface area contributed by atoms with E-state index in [9.17, 15) is 9.90 Å². The predicted octanol–water partition coefficient (Wildman–Crippen LogP) is 1.96. The van der Waals surface area contributed by atoms with Crippen molar-refractivity contribution < 1.29 is 14.6 Å². The van der Waals surface area contributed by atoms with Gasteiger partial charge in [-0.25, -0.2) is 0 Å². The lowest BCUT2D eigenvalue weighted by atomic mass is 10.1. The normalized spacial score (nSPS) is 12.2. The van der Waals surface area contributed by atoms with Crippen molar-refractivity contribution in [1.29, 1.82) is 0 Å². The zero-order valence-corrected chi connectivity index (χ0v) is 11.7. The van der Waals surface area contributed by atoms with Gasteiger partial charge in [-0.1, -0.05) is 0 Å². The Bertz CT molecular complexity index is 386. The topological polar surface area (TPSA) is 72.5 Å². The first-order chi connectivity index (χ1) is 7.45. The summed E-state index contributed by atoms with van der Waals surface area (Å²) in [5.41, 5.74) is 6.46. The summed E-state index contributed by atoms with van der Waals surface area (Å²) in [6, 6.07) is 2.72. The van der Waals surface area contributed by atoms with Crippen LogP contribution in [-0.4, -0.2) is 24.2 Å². The van der Waals surface area contributed by atoms with E-state index in [2.05, 4.69) is 36.6 Å². The van der Waals surface area contributed by atoms with Crippen LogP contribution in [0.2, 0.25) is 0 Å². The van der Waals surface area contributed by atoms with Crippen LogP contribution in [0, 0.1) is 0 Å². The van der Waals surface area contributed by atoms with Gasteiger partial charge in [0.2, 0.25) is 0 Å². The average molecular weight is 353 g/mol. The Kier molecular flexibility index (Phi) is 4.76. The van der Waals surface area contributed by atoms with Gasteiger partial charge in [0.15, 0.2) is 0 Å². The number of halogens is 2. The smallest absolute Gasteiger partial charge is 0.322 e. The summed E-state index contributed by atoms with van der Waals surface area (Å²) in [6.45, 7) is 0. The highest BCUT2D eigenvalue weighted by molar-refractivity contribution is 9.11. The van der Waals surface area contributed by atoms with E-state index >= 15 is 0 Å². The zero-order valence-electron chi connectivity index (χ0n) is 8.54. The molecule has 0 bridgehead atoms. The van der Waals surface area contributed by atoms with Gasteiger partial charge < -0.3 is 15.6 Å². The van der Waals surface area contributed by atoms with Gasteiger partial charge in [-0.05, 0) is 56.0 Å². The first-order valence-electron chi connectivity index (χ1n) is 4.46. The van der Waals surface area contributed by atoms with Gasteiger partial charge in [-0.2, -0.15) is 0 Å². The number of carbonyl (C=O) groups is 1. The highest BCUT2D eigenvalue weighted by atomic mass is 79.9. The number of carbonyl (C=O) groups excluding carboxylic acids is 1. The molecule has 0 aliphatic heterocycles. The molecule has 1 unspecified atom stereocenters. The molecule has 6 heteroatoms. The number of phenolic OH excluding ortho intramolecular Hbond substituents is 1. The van der Waals surface area contributed by atoms with E-state index < -0.39 is 12.0 Å². The second-order valence-corrected chi connectivity index (χ2v) is 4.95. The molecule has 0 aliphatic carbocycles. The molecule has 0 saturated heterocycles. The Morgan fingerprint density at radius 2 is 2.00 bits per heavy atom. The summed E-state index contributed by atoms with van der Waals surface area (Å²) in [5.74, 6) is -0.337. The maximum absolute atomic E-state index is 11.1. The molecule has 1 aromatic rings. The van der Waals surface area contributed by atoms with Crippen molar-refractivity contribution >= 4 is 37.8 Å². The SMILES string of the molecule is COC(=O)C(N)Cc1cc(Br)c(O)c(Br)c1. The van der Waals surface area contributed by atoms with Crippen LogP contribution in [0.5, 0.6) is 5.75 Å². The number of methoxy groups -OCH3 is 1. The van der Waals surface area contributed by atoms with Crippen LogP contribution in [0.1, 0.15) is 5.56 Å². The molecule has 88 valence electrons. The van der Waals surface area contributed by atoms with Crippen molar-refractivity contribution in [2.75, 3.05) is 7.11 Å². The Balaban J connectivity index is 2.86. The molecule has 1 rings (SSSR count). The van der Waals surface area contributed by atoms with E-state index in [1.165, 1.54) is 7.11 Å². The van der Waals surface area contributed by atoms with Gasteiger partial charge in [-0.15, -0.1) is 0 Å². The van der Waals surface area contributed by atoms with Gasteiger partial charge in [0, 0.05) is 0 Å². The molecule has 16 heavy (non-hydrogen) atoms. The Morgan fingerprint density at radius 1 is 1.50 bits per heavy atom. The van der Waals surface area contributed by atoms with E-state index in [0.29, 0.717) is 15.4 Å². The van der Waals surface area contributed by atoms with Gasteiger partial charge in [0.05, 0.1) is 16.1 Å². The number of nitrogens with two attached hydrogens (primary N) is 1. The largest absolute Gasteiger partial charge is 0.506 e. The fourth-order valence-corrected chi connectivity index (χ4v) is 2.51. The van der Waals surface area contributed by atoms with Crippen LogP contribution in [0.25, 0.3) is 0 Å². The predicted molar refractivity (Wildman–Crippen MR) is 67.2 cm³/mol. The fraction of sp³-hybridized carbons (Fsp3) is 0.300. The molecule has 0 saturated carbocycles. The molecule has 3 N–H and O–H groups in total. The third-order valence-corrected chi connectivity index (χ3v) is 3.25. The summed E-state index contributed by atoms with van der Waals surface area (Å²) in [6.07, 6.45) is 0.351. The summed E-state index contributed by atoms with van der Waals surface area (Å²) in [4.78, 5) is 11.1. The third kappa shape index (κ3) is 3.20. The Labute approximate surface area is 110 Å². The number of hydrogen-bond donors (Lipinski definition) is 2. The lowest BCUT2D eigenvalue weighted by Gasteiger charge is -2.10. The molecule has 0 aliphatic rings. The average Bonchev–Trinajstić information content (AvgIpc) is 2.24. The highest BCUT2D eigenvalue weighted by Gasteiger charge is 2.15. The Hall–Kier alpha value is -0.590. The molecule has 4 nitrogen and oxygen atoms in total. The van der Waals surface area contributed by atoms with Crippen molar-refractivity contribution in [3.8, 4) is 5.75 Å². The minimum absolute atomic E-state index is 0.121.